The summed E-state index contributed by atoms with van der Waals surface area (Å²) in [4.78, 5) is 4.22. The molecule has 0 saturated heterocycles. The van der Waals surface area contributed by atoms with Gasteiger partial charge in [-0.3, -0.25) is 10.2 Å². The summed E-state index contributed by atoms with van der Waals surface area (Å²) >= 11 is 6.11. The summed E-state index contributed by atoms with van der Waals surface area (Å²) in [6.45, 7) is 1.34. The zero-order chi connectivity index (χ0) is 19.3. The average Bonchev–Trinajstić information content (AvgIpc) is 3.36. The highest BCUT2D eigenvalue weighted by Gasteiger charge is 2.26. The minimum atomic E-state index is -1.34. The predicted molar refractivity (Wildman–Crippen MR) is 96.9 cm³/mol. The van der Waals surface area contributed by atoms with E-state index in [1.54, 1.807) is 30.1 Å². The van der Waals surface area contributed by atoms with E-state index in [9.17, 15) is 4.39 Å². The van der Waals surface area contributed by atoms with E-state index in [0.29, 0.717) is 28.0 Å². The van der Waals surface area contributed by atoms with Gasteiger partial charge in [-0.1, -0.05) is 11.6 Å². The van der Waals surface area contributed by atoms with Crippen LogP contribution in [0.5, 0.6) is 5.75 Å². The van der Waals surface area contributed by atoms with E-state index in [4.69, 9.17) is 16.3 Å². The lowest BCUT2D eigenvalue weighted by atomic mass is 10.0. The van der Waals surface area contributed by atoms with Gasteiger partial charge in [0.05, 0.1) is 24.5 Å². The molecule has 2 N–H and O–H groups in total. The molecule has 0 aliphatic rings. The Labute approximate surface area is 157 Å². The van der Waals surface area contributed by atoms with Gasteiger partial charge < -0.3 is 9.30 Å². The number of rotatable bonds is 4. The molecule has 140 valence electrons. The standard InChI is InChI=1S/C17H15ClF2N6O/c1-7(19)16-23-17(25-24-16)15-11(8-5-21-22-6-8)9-4-10(27-3)12(18)13(20)14(9)26(15)2/h4-7H,1-3H3,(H,21,22)(H,23,24,25)/t7-/m0/s1. The van der Waals surface area contributed by atoms with Crippen molar-refractivity contribution in [2.24, 2.45) is 7.05 Å². The molecule has 4 aromatic rings. The number of aryl methyl sites for hydroxylation is 1. The van der Waals surface area contributed by atoms with Gasteiger partial charge in [-0.2, -0.15) is 10.2 Å². The van der Waals surface area contributed by atoms with E-state index in [1.807, 2.05) is 0 Å². The Bertz CT molecular complexity index is 1130. The van der Waals surface area contributed by atoms with Crippen LogP contribution in [0.2, 0.25) is 5.02 Å². The number of nitrogens with zero attached hydrogens (tertiary/aromatic N) is 4. The van der Waals surface area contributed by atoms with Crippen molar-refractivity contribution in [1.29, 1.82) is 0 Å². The van der Waals surface area contributed by atoms with Crippen LogP contribution in [-0.4, -0.2) is 37.1 Å². The second kappa shape index (κ2) is 6.34. The number of H-pyrrole nitrogens is 2. The van der Waals surface area contributed by atoms with E-state index in [0.717, 1.165) is 0 Å². The number of benzene rings is 1. The van der Waals surface area contributed by atoms with Crippen LogP contribution in [0, 0.1) is 5.82 Å². The van der Waals surface area contributed by atoms with E-state index in [2.05, 4.69) is 25.4 Å². The fourth-order valence-electron chi connectivity index (χ4n) is 3.18. The zero-order valence-corrected chi connectivity index (χ0v) is 15.4. The number of hydrogen-bond donors (Lipinski definition) is 2. The number of alkyl halides is 1. The summed E-state index contributed by atoms with van der Waals surface area (Å²) in [7, 11) is 3.09. The smallest absolute Gasteiger partial charge is 0.184 e. The van der Waals surface area contributed by atoms with Crippen molar-refractivity contribution in [3.8, 4) is 28.4 Å². The topological polar surface area (TPSA) is 84.4 Å². The molecule has 0 amide bonds. The number of aromatic nitrogens is 6. The van der Waals surface area contributed by atoms with E-state index < -0.39 is 12.0 Å². The highest BCUT2D eigenvalue weighted by atomic mass is 35.5. The first-order chi connectivity index (χ1) is 12.9. The van der Waals surface area contributed by atoms with Crippen molar-refractivity contribution in [2.45, 2.75) is 13.1 Å². The molecule has 1 atom stereocenters. The molecule has 0 spiro atoms. The quantitative estimate of drug-likeness (QED) is 0.545. The Morgan fingerprint density at radius 3 is 2.74 bits per heavy atom. The zero-order valence-electron chi connectivity index (χ0n) is 14.6. The third-order valence-corrected chi connectivity index (χ3v) is 4.77. The molecule has 27 heavy (non-hydrogen) atoms. The third kappa shape index (κ3) is 2.57. The van der Waals surface area contributed by atoms with Crippen molar-refractivity contribution in [3.63, 3.8) is 0 Å². The summed E-state index contributed by atoms with van der Waals surface area (Å²) in [6.07, 6.45) is 1.94. The van der Waals surface area contributed by atoms with Crippen molar-refractivity contribution in [2.75, 3.05) is 7.11 Å². The molecule has 0 bridgehead atoms. The summed E-state index contributed by atoms with van der Waals surface area (Å²) < 4.78 is 35.4. The van der Waals surface area contributed by atoms with Gasteiger partial charge >= 0.3 is 0 Å². The maximum atomic E-state index is 15.0. The fraction of sp³-hybridized carbons (Fsp3) is 0.235. The van der Waals surface area contributed by atoms with Gasteiger partial charge in [-0.15, -0.1) is 0 Å². The fourth-order valence-corrected chi connectivity index (χ4v) is 3.40. The first-order valence-electron chi connectivity index (χ1n) is 8.04. The van der Waals surface area contributed by atoms with Crippen molar-refractivity contribution < 1.29 is 13.5 Å². The summed E-state index contributed by atoms with van der Waals surface area (Å²) in [6, 6.07) is 1.65. The number of halogens is 3. The van der Waals surface area contributed by atoms with Crippen LogP contribution in [0.25, 0.3) is 33.5 Å². The Balaban J connectivity index is 2.12. The second-order valence-electron chi connectivity index (χ2n) is 6.03. The Kier molecular flexibility index (Phi) is 4.11. The van der Waals surface area contributed by atoms with Gasteiger partial charge in [-0.25, -0.2) is 13.8 Å². The molecule has 0 unspecified atom stereocenters. The molecule has 0 saturated carbocycles. The van der Waals surface area contributed by atoms with Gasteiger partial charge in [0, 0.05) is 29.8 Å². The molecule has 0 aliphatic heterocycles. The lowest BCUT2D eigenvalue weighted by molar-refractivity contribution is 0.357. The van der Waals surface area contributed by atoms with Gasteiger partial charge in [0.2, 0.25) is 0 Å². The molecule has 3 heterocycles. The summed E-state index contributed by atoms with van der Waals surface area (Å²) in [5.74, 6) is -0.0920. The Morgan fingerprint density at radius 1 is 1.37 bits per heavy atom. The van der Waals surface area contributed by atoms with Crippen LogP contribution in [0.15, 0.2) is 18.5 Å². The minimum Gasteiger partial charge on any atom is -0.495 e. The highest BCUT2D eigenvalue weighted by Crippen LogP contribution is 2.44. The van der Waals surface area contributed by atoms with Crippen molar-refractivity contribution >= 4 is 22.5 Å². The molecular weight excluding hydrogens is 378 g/mol. The number of hydrogen-bond acceptors (Lipinski definition) is 4. The maximum absolute atomic E-state index is 15.0. The van der Waals surface area contributed by atoms with E-state index in [1.165, 1.54) is 14.0 Å². The lowest BCUT2D eigenvalue weighted by Crippen LogP contribution is -1.97. The summed E-state index contributed by atoms with van der Waals surface area (Å²) in [5.41, 5.74) is 2.13. The predicted octanol–water partition coefficient (Wildman–Crippen LogP) is 4.19. The monoisotopic (exact) mass is 392 g/mol. The Morgan fingerprint density at radius 2 is 2.15 bits per heavy atom. The average molecular weight is 393 g/mol. The molecule has 0 radical (unpaired) electrons. The van der Waals surface area contributed by atoms with E-state index in [-0.39, 0.29) is 22.1 Å². The Hall–Kier alpha value is -2.94. The largest absolute Gasteiger partial charge is 0.495 e. The maximum Gasteiger partial charge on any atom is 0.184 e. The molecule has 10 heteroatoms. The number of ether oxygens (including phenoxy) is 1. The summed E-state index contributed by atoms with van der Waals surface area (Å²) in [5, 5.41) is 13.8. The third-order valence-electron chi connectivity index (χ3n) is 4.41. The van der Waals surface area contributed by atoms with Crippen LogP contribution < -0.4 is 4.74 Å². The normalized spacial score (nSPS) is 12.7. The van der Waals surface area contributed by atoms with Gasteiger partial charge in [0.1, 0.15) is 10.8 Å². The van der Waals surface area contributed by atoms with Gasteiger partial charge in [0.15, 0.2) is 23.6 Å². The number of nitrogens with one attached hydrogen (secondary N) is 2. The molecule has 7 nitrogen and oxygen atoms in total. The van der Waals surface area contributed by atoms with Crippen LogP contribution >= 0.6 is 11.6 Å². The molecular formula is C17H15ClF2N6O. The molecule has 1 aromatic carbocycles. The number of fused-ring (bicyclic) bond motifs is 1. The van der Waals surface area contributed by atoms with E-state index >= 15 is 4.39 Å². The number of aromatic amines is 2. The first kappa shape index (κ1) is 17.5. The SMILES string of the molecule is COc1cc2c(-c3cn[nH]c3)c(-c3nc([C@H](C)F)n[nH]3)n(C)c2c(F)c1Cl. The number of methoxy groups -OCH3 is 1. The lowest BCUT2D eigenvalue weighted by Gasteiger charge is -2.06. The highest BCUT2D eigenvalue weighted by molar-refractivity contribution is 6.33. The van der Waals surface area contributed by atoms with Crippen molar-refractivity contribution in [3.05, 3.63) is 35.1 Å². The second-order valence-corrected chi connectivity index (χ2v) is 6.41. The van der Waals surface area contributed by atoms with Crippen LogP contribution in [0.1, 0.15) is 18.9 Å². The van der Waals surface area contributed by atoms with Crippen LogP contribution in [0.3, 0.4) is 0 Å². The molecule has 0 aliphatic carbocycles. The van der Waals surface area contributed by atoms with Gasteiger partial charge in [0.25, 0.3) is 0 Å². The van der Waals surface area contributed by atoms with Gasteiger partial charge in [-0.05, 0) is 13.0 Å². The van der Waals surface area contributed by atoms with Crippen LogP contribution in [0.4, 0.5) is 8.78 Å². The minimum absolute atomic E-state index is 0.0180. The molecule has 0 fully saturated rings. The van der Waals surface area contributed by atoms with Crippen LogP contribution in [-0.2, 0) is 7.05 Å². The molecule has 4 rings (SSSR count). The molecule has 3 aromatic heterocycles. The first-order valence-corrected chi connectivity index (χ1v) is 8.42. The van der Waals surface area contributed by atoms with Crippen molar-refractivity contribution in [1.82, 2.24) is 29.9 Å².